The SMILES string of the molecule is Nc1cnc(NCCc2cscn2)cc1C(=O)O. The van der Waals surface area contributed by atoms with Crippen molar-refractivity contribution in [1.29, 1.82) is 0 Å². The minimum Gasteiger partial charge on any atom is -0.478 e. The van der Waals surface area contributed by atoms with Gasteiger partial charge in [-0.05, 0) is 6.07 Å². The summed E-state index contributed by atoms with van der Waals surface area (Å²) in [7, 11) is 0. The molecule has 0 saturated carbocycles. The van der Waals surface area contributed by atoms with Crippen molar-refractivity contribution in [2.75, 3.05) is 17.6 Å². The Morgan fingerprint density at radius 2 is 2.33 bits per heavy atom. The van der Waals surface area contributed by atoms with Crippen LogP contribution >= 0.6 is 11.3 Å². The molecule has 0 aromatic carbocycles. The van der Waals surface area contributed by atoms with Gasteiger partial charge in [0.1, 0.15) is 5.82 Å². The third kappa shape index (κ3) is 2.95. The zero-order chi connectivity index (χ0) is 13.0. The number of aromatic carboxylic acids is 1. The van der Waals surface area contributed by atoms with E-state index in [0.29, 0.717) is 12.4 Å². The van der Waals surface area contributed by atoms with E-state index in [1.54, 1.807) is 16.8 Å². The number of carbonyl (C=O) groups is 1. The Hall–Kier alpha value is -2.15. The van der Waals surface area contributed by atoms with Crippen molar-refractivity contribution in [3.05, 3.63) is 34.4 Å². The van der Waals surface area contributed by atoms with Crippen molar-refractivity contribution in [2.24, 2.45) is 0 Å². The summed E-state index contributed by atoms with van der Waals surface area (Å²) in [5.74, 6) is -0.561. The smallest absolute Gasteiger partial charge is 0.337 e. The molecule has 0 unspecified atom stereocenters. The fourth-order valence-electron chi connectivity index (χ4n) is 1.43. The molecule has 0 saturated heterocycles. The van der Waals surface area contributed by atoms with Crippen LogP contribution in [0.2, 0.25) is 0 Å². The minimum absolute atomic E-state index is 0.0566. The number of hydrogen-bond acceptors (Lipinski definition) is 6. The monoisotopic (exact) mass is 264 g/mol. The van der Waals surface area contributed by atoms with Gasteiger partial charge in [-0.3, -0.25) is 0 Å². The Labute approximate surface area is 108 Å². The first-order valence-corrected chi connectivity index (χ1v) is 6.21. The van der Waals surface area contributed by atoms with Gasteiger partial charge in [-0.15, -0.1) is 11.3 Å². The van der Waals surface area contributed by atoms with Gasteiger partial charge >= 0.3 is 5.97 Å². The van der Waals surface area contributed by atoms with Gasteiger partial charge in [-0.25, -0.2) is 14.8 Å². The lowest BCUT2D eigenvalue weighted by atomic mass is 10.2. The second kappa shape index (κ2) is 5.46. The number of thiazole rings is 1. The van der Waals surface area contributed by atoms with E-state index in [9.17, 15) is 4.79 Å². The molecule has 2 aromatic heterocycles. The van der Waals surface area contributed by atoms with Gasteiger partial charge in [-0.1, -0.05) is 0 Å². The number of carboxylic acid groups (broad SMARTS) is 1. The number of nitrogens with one attached hydrogen (secondary N) is 1. The number of carboxylic acids is 1. The van der Waals surface area contributed by atoms with Crippen LogP contribution in [-0.2, 0) is 6.42 Å². The van der Waals surface area contributed by atoms with Crippen LogP contribution in [0.25, 0.3) is 0 Å². The Balaban J connectivity index is 1.97. The molecule has 0 amide bonds. The molecular weight excluding hydrogens is 252 g/mol. The number of anilines is 2. The van der Waals surface area contributed by atoms with E-state index in [4.69, 9.17) is 10.8 Å². The summed E-state index contributed by atoms with van der Waals surface area (Å²) in [5.41, 5.74) is 8.51. The van der Waals surface area contributed by atoms with E-state index in [2.05, 4.69) is 15.3 Å². The maximum atomic E-state index is 10.9. The van der Waals surface area contributed by atoms with E-state index in [0.717, 1.165) is 12.1 Å². The summed E-state index contributed by atoms with van der Waals surface area (Å²) < 4.78 is 0. The lowest BCUT2D eigenvalue weighted by Crippen LogP contribution is -2.09. The Morgan fingerprint density at radius 1 is 1.50 bits per heavy atom. The molecule has 0 atom stereocenters. The van der Waals surface area contributed by atoms with Crippen LogP contribution in [0, 0.1) is 0 Å². The highest BCUT2D eigenvalue weighted by atomic mass is 32.1. The van der Waals surface area contributed by atoms with Gasteiger partial charge in [0.2, 0.25) is 0 Å². The van der Waals surface area contributed by atoms with Crippen molar-refractivity contribution >= 4 is 28.8 Å². The quantitative estimate of drug-likeness (QED) is 0.756. The molecule has 7 heteroatoms. The summed E-state index contributed by atoms with van der Waals surface area (Å²) in [6.45, 7) is 0.639. The standard InChI is InChI=1S/C11H12N4O2S/c12-9-4-14-10(3-8(9)11(16)17)13-2-1-7-5-18-6-15-7/h3-6H,1-2,12H2,(H,13,14)(H,16,17). The first-order chi connectivity index (χ1) is 8.66. The van der Waals surface area contributed by atoms with Crippen LogP contribution < -0.4 is 11.1 Å². The van der Waals surface area contributed by atoms with Gasteiger partial charge in [0.15, 0.2) is 0 Å². The zero-order valence-electron chi connectivity index (χ0n) is 9.46. The van der Waals surface area contributed by atoms with Gasteiger partial charge in [-0.2, -0.15) is 0 Å². The largest absolute Gasteiger partial charge is 0.478 e. The number of nitrogen functional groups attached to an aromatic ring is 1. The van der Waals surface area contributed by atoms with E-state index in [1.807, 2.05) is 5.38 Å². The fraction of sp³-hybridized carbons (Fsp3) is 0.182. The maximum Gasteiger partial charge on any atom is 0.337 e. The predicted octanol–water partition coefficient (Wildman–Crippen LogP) is 1.47. The normalized spacial score (nSPS) is 10.2. The summed E-state index contributed by atoms with van der Waals surface area (Å²) in [4.78, 5) is 19.1. The molecule has 0 spiro atoms. The molecule has 4 N–H and O–H groups in total. The van der Waals surface area contributed by atoms with Gasteiger partial charge in [0.05, 0.1) is 28.7 Å². The average molecular weight is 264 g/mol. The van der Waals surface area contributed by atoms with Crippen molar-refractivity contribution in [2.45, 2.75) is 6.42 Å². The van der Waals surface area contributed by atoms with Gasteiger partial charge < -0.3 is 16.2 Å². The topological polar surface area (TPSA) is 101 Å². The highest BCUT2D eigenvalue weighted by Crippen LogP contribution is 2.14. The molecule has 6 nitrogen and oxygen atoms in total. The summed E-state index contributed by atoms with van der Waals surface area (Å²) in [6.07, 6.45) is 2.10. The zero-order valence-corrected chi connectivity index (χ0v) is 10.3. The number of aromatic nitrogens is 2. The highest BCUT2D eigenvalue weighted by Gasteiger charge is 2.09. The number of pyridine rings is 1. The van der Waals surface area contributed by atoms with Crippen molar-refractivity contribution in [3.8, 4) is 0 Å². The molecule has 2 heterocycles. The molecule has 0 aliphatic carbocycles. The van der Waals surface area contributed by atoms with Crippen LogP contribution in [0.4, 0.5) is 11.5 Å². The van der Waals surface area contributed by atoms with Crippen LogP contribution in [0.1, 0.15) is 16.1 Å². The second-order valence-electron chi connectivity index (χ2n) is 3.62. The third-order valence-corrected chi connectivity index (χ3v) is 2.97. The predicted molar refractivity (Wildman–Crippen MR) is 69.9 cm³/mol. The first-order valence-electron chi connectivity index (χ1n) is 5.26. The molecule has 18 heavy (non-hydrogen) atoms. The van der Waals surface area contributed by atoms with Crippen molar-refractivity contribution < 1.29 is 9.90 Å². The Bertz CT molecular complexity index is 542. The molecule has 2 aromatic rings. The Kier molecular flexibility index (Phi) is 3.73. The lowest BCUT2D eigenvalue weighted by molar-refractivity contribution is 0.0698. The molecule has 94 valence electrons. The third-order valence-electron chi connectivity index (χ3n) is 2.34. The molecule has 0 bridgehead atoms. The van der Waals surface area contributed by atoms with Crippen molar-refractivity contribution in [1.82, 2.24) is 9.97 Å². The molecule has 0 aliphatic rings. The molecule has 0 fully saturated rings. The van der Waals surface area contributed by atoms with Crippen LogP contribution in [-0.4, -0.2) is 27.6 Å². The number of nitrogens with two attached hydrogens (primary N) is 1. The van der Waals surface area contributed by atoms with Crippen LogP contribution in [0.3, 0.4) is 0 Å². The number of nitrogens with zero attached hydrogens (tertiary/aromatic N) is 2. The average Bonchev–Trinajstić information content (AvgIpc) is 2.84. The molecule has 0 aliphatic heterocycles. The number of rotatable bonds is 5. The van der Waals surface area contributed by atoms with E-state index in [1.165, 1.54) is 12.3 Å². The van der Waals surface area contributed by atoms with E-state index < -0.39 is 5.97 Å². The summed E-state index contributed by atoms with van der Waals surface area (Å²) in [6, 6.07) is 1.43. The summed E-state index contributed by atoms with van der Waals surface area (Å²) >= 11 is 1.55. The lowest BCUT2D eigenvalue weighted by Gasteiger charge is -2.06. The van der Waals surface area contributed by atoms with Gasteiger partial charge in [0.25, 0.3) is 0 Å². The van der Waals surface area contributed by atoms with Crippen molar-refractivity contribution in [3.63, 3.8) is 0 Å². The molecule has 0 radical (unpaired) electrons. The van der Waals surface area contributed by atoms with E-state index in [-0.39, 0.29) is 11.3 Å². The minimum atomic E-state index is -1.06. The Morgan fingerprint density at radius 3 is 3.00 bits per heavy atom. The second-order valence-corrected chi connectivity index (χ2v) is 4.34. The highest BCUT2D eigenvalue weighted by molar-refractivity contribution is 7.07. The fourth-order valence-corrected chi connectivity index (χ4v) is 2.02. The van der Waals surface area contributed by atoms with Crippen LogP contribution in [0.5, 0.6) is 0 Å². The first kappa shape index (κ1) is 12.3. The van der Waals surface area contributed by atoms with E-state index >= 15 is 0 Å². The molecule has 2 rings (SSSR count). The molecular formula is C11H12N4O2S. The maximum absolute atomic E-state index is 10.9. The summed E-state index contributed by atoms with van der Waals surface area (Å²) in [5, 5.41) is 13.9. The van der Waals surface area contributed by atoms with Gasteiger partial charge in [0, 0.05) is 18.3 Å². The van der Waals surface area contributed by atoms with Crippen LogP contribution in [0.15, 0.2) is 23.2 Å². The number of hydrogen-bond donors (Lipinski definition) is 3.